The molecule has 1 radical (unpaired) electrons. The highest BCUT2D eigenvalue weighted by molar-refractivity contribution is 5.35. The zero-order valence-electron chi connectivity index (χ0n) is 6.84. The maximum atomic E-state index is 12.8. The van der Waals surface area contributed by atoms with E-state index in [1.807, 2.05) is 6.92 Å². The molecule has 12 heavy (non-hydrogen) atoms. The minimum Gasteiger partial charge on any atom is -0.206 e. The van der Waals surface area contributed by atoms with Gasteiger partial charge in [0, 0.05) is 0 Å². The van der Waals surface area contributed by atoms with Crippen molar-refractivity contribution < 1.29 is 4.39 Å². The molecule has 2 heteroatoms. The first-order valence-electron chi connectivity index (χ1n) is 3.67. The topological polar surface area (TPSA) is 23.8 Å². The average Bonchev–Trinajstić information content (AvgIpc) is 2.05. The summed E-state index contributed by atoms with van der Waals surface area (Å²) in [4.78, 5) is 0. The number of hydrogen-bond donors (Lipinski definition) is 0. The first-order chi connectivity index (χ1) is 5.65. The Hall–Kier alpha value is -1.36. The minimum atomic E-state index is -0.470. The number of hydrogen-bond acceptors (Lipinski definition) is 1. The van der Waals surface area contributed by atoms with Crippen molar-refractivity contribution in [1.82, 2.24) is 0 Å². The lowest BCUT2D eigenvalue weighted by Crippen LogP contribution is -1.91. The summed E-state index contributed by atoms with van der Waals surface area (Å²) < 4.78 is 12.8. The van der Waals surface area contributed by atoms with Crippen LogP contribution in [0.4, 0.5) is 4.39 Å². The monoisotopic (exact) mass is 162 g/mol. The van der Waals surface area contributed by atoms with Crippen LogP contribution in [0.25, 0.3) is 0 Å². The van der Waals surface area contributed by atoms with Gasteiger partial charge in [-0.25, -0.2) is 4.39 Å². The third-order valence-corrected chi connectivity index (χ3v) is 1.68. The molecule has 0 saturated carbocycles. The molecule has 0 amide bonds. The molecular formula is C10H9FN. The first kappa shape index (κ1) is 8.73. The van der Waals surface area contributed by atoms with E-state index in [1.165, 1.54) is 12.1 Å². The normalized spacial score (nSPS) is 9.92. The first-order valence-corrected chi connectivity index (χ1v) is 3.67. The molecule has 0 fully saturated rings. The van der Waals surface area contributed by atoms with Crippen molar-refractivity contribution in [3.63, 3.8) is 0 Å². The Morgan fingerprint density at radius 2 is 2.25 bits per heavy atom. The molecule has 0 saturated heterocycles. The second kappa shape index (κ2) is 3.36. The smallest absolute Gasteiger partial charge is 0.140 e. The van der Waals surface area contributed by atoms with Gasteiger partial charge in [0.05, 0.1) is 5.56 Å². The van der Waals surface area contributed by atoms with Crippen LogP contribution in [0.2, 0.25) is 0 Å². The second-order valence-electron chi connectivity index (χ2n) is 2.75. The summed E-state index contributed by atoms with van der Waals surface area (Å²) in [7, 11) is 0. The van der Waals surface area contributed by atoms with Crippen LogP contribution >= 0.6 is 0 Å². The molecule has 1 rings (SSSR count). The van der Waals surface area contributed by atoms with E-state index in [9.17, 15) is 4.39 Å². The summed E-state index contributed by atoms with van der Waals surface area (Å²) in [6, 6.07) is 6.27. The van der Waals surface area contributed by atoms with E-state index in [-0.39, 0.29) is 11.5 Å². The Morgan fingerprint density at radius 3 is 2.75 bits per heavy atom. The van der Waals surface area contributed by atoms with Crippen LogP contribution < -0.4 is 0 Å². The van der Waals surface area contributed by atoms with E-state index >= 15 is 0 Å². The maximum Gasteiger partial charge on any atom is 0.140 e. The van der Waals surface area contributed by atoms with Crippen molar-refractivity contribution in [2.75, 3.05) is 0 Å². The Balaban J connectivity index is 3.16. The van der Waals surface area contributed by atoms with Crippen LogP contribution in [0.5, 0.6) is 0 Å². The van der Waals surface area contributed by atoms with Gasteiger partial charge in [-0.2, -0.15) is 5.26 Å². The molecular weight excluding hydrogens is 153 g/mol. The van der Waals surface area contributed by atoms with E-state index in [2.05, 4.69) is 6.92 Å². The van der Waals surface area contributed by atoms with Crippen LogP contribution in [-0.4, -0.2) is 0 Å². The highest BCUT2D eigenvalue weighted by atomic mass is 19.1. The zero-order chi connectivity index (χ0) is 9.14. The Labute approximate surface area is 71.4 Å². The number of benzene rings is 1. The predicted octanol–water partition coefficient (Wildman–Crippen LogP) is 2.63. The van der Waals surface area contributed by atoms with E-state index in [4.69, 9.17) is 5.26 Å². The lowest BCUT2D eigenvalue weighted by molar-refractivity contribution is 0.622. The molecule has 0 N–H and O–H groups in total. The van der Waals surface area contributed by atoms with Gasteiger partial charge in [-0.3, -0.25) is 0 Å². The number of rotatable bonds is 1. The van der Waals surface area contributed by atoms with Crippen LogP contribution in [0, 0.1) is 24.1 Å². The standard InChI is InChI=1S/C10H9FN/c1-7(2)8-3-4-10(11)9(5-8)6-12/h3-5,7H,1H2,2H3. The van der Waals surface area contributed by atoms with Crippen molar-refractivity contribution in [2.45, 2.75) is 12.8 Å². The van der Waals surface area contributed by atoms with Gasteiger partial charge in [-0.05, 0) is 30.5 Å². The van der Waals surface area contributed by atoms with Crippen molar-refractivity contribution in [3.8, 4) is 6.07 Å². The second-order valence-corrected chi connectivity index (χ2v) is 2.75. The lowest BCUT2D eigenvalue weighted by Gasteiger charge is -2.04. The molecule has 0 aliphatic heterocycles. The third-order valence-electron chi connectivity index (χ3n) is 1.68. The highest BCUT2D eigenvalue weighted by Crippen LogP contribution is 2.16. The molecule has 0 aliphatic rings. The van der Waals surface area contributed by atoms with Crippen molar-refractivity contribution in [3.05, 3.63) is 42.1 Å². The fourth-order valence-corrected chi connectivity index (χ4v) is 0.935. The van der Waals surface area contributed by atoms with Gasteiger partial charge in [0.15, 0.2) is 0 Å². The Morgan fingerprint density at radius 1 is 1.58 bits per heavy atom. The fraction of sp³-hybridized carbons (Fsp3) is 0.200. The van der Waals surface area contributed by atoms with E-state index < -0.39 is 5.82 Å². The van der Waals surface area contributed by atoms with E-state index in [0.717, 1.165) is 5.56 Å². The largest absolute Gasteiger partial charge is 0.206 e. The summed E-state index contributed by atoms with van der Waals surface area (Å²) >= 11 is 0. The Bertz CT molecular complexity index is 323. The maximum absolute atomic E-state index is 12.8. The van der Waals surface area contributed by atoms with Gasteiger partial charge >= 0.3 is 0 Å². The van der Waals surface area contributed by atoms with Gasteiger partial charge in [-0.1, -0.05) is 13.0 Å². The van der Waals surface area contributed by atoms with Gasteiger partial charge in [0.1, 0.15) is 11.9 Å². The minimum absolute atomic E-state index is 0.0812. The quantitative estimate of drug-likeness (QED) is 0.622. The van der Waals surface area contributed by atoms with Crippen molar-refractivity contribution in [1.29, 1.82) is 5.26 Å². The van der Waals surface area contributed by atoms with Crippen LogP contribution in [0.3, 0.4) is 0 Å². The summed E-state index contributed by atoms with van der Waals surface area (Å²) in [5, 5.41) is 8.51. The van der Waals surface area contributed by atoms with Crippen molar-refractivity contribution in [2.24, 2.45) is 0 Å². The van der Waals surface area contributed by atoms with Crippen LogP contribution in [-0.2, 0) is 0 Å². The average molecular weight is 162 g/mol. The van der Waals surface area contributed by atoms with Gasteiger partial charge in [-0.15, -0.1) is 0 Å². The molecule has 1 nitrogen and oxygen atoms in total. The van der Waals surface area contributed by atoms with Gasteiger partial charge < -0.3 is 0 Å². The van der Waals surface area contributed by atoms with E-state index in [0.29, 0.717) is 0 Å². The van der Waals surface area contributed by atoms with Crippen LogP contribution in [0.1, 0.15) is 24.0 Å². The fourth-order valence-electron chi connectivity index (χ4n) is 0.935. The summed E-state index contributed by atoms with van der Waals surface area (Å²) in [6.45, 7) is 5.68. The third kappa shape index (κ3) is 1.62. The molecule has 1 aromatic carbocycles. The summed E-state index contributed by atoms with van der Waals surface area (Å²) in [6.07, 6.45) is 0. The molecule has 0 aromatic heterocycles. The van der Waals surface area contributed by atoms with Crippen LogP contribution in [0.15, 0.2) is 18.2 Å². The molecule has 61 valence electrons. The predicted molar refractivity (Wildman–Crippen MR) is 44.9 cm³/mol. The number of nitriles is 1. The number of halogens is 1. The molecule has 1 aromatic rings. The molecule has 0 spiro atoms. The van der Waals surface area contributed by atoms with E-state index in [1.54, 1.807) is 12.1 Å². The number of nitrogens with zero attached hydrogens (tertiary/aromatic N) is 1. The Kier molecular flexibility index (Phi) is 2.44. The van der Waals surface area contributed by atoms with Gasteiger partial charge in [0.2, 0.25) is 0 Å². The van der Waals surface area contributed by atoms with Crippen molar-refractivity contribution >= 4 is 0 Å². The molecule has 0 bridgehead atoms. The molecule has 1 atom stereocenters. The highest BCUT2D eigenvalue weighted by Gasteiger charge is 2.04. The SMILES string of the molecule is [CH2]C(C)c1ccc(F)c(C#N)c1. The van der Waals surface area contributed by atoms with Gasteiger partial charge in [0.25, 0.3) is 0 Å². The molecule has 1 unspecified atom stereocenters. The molecule has 0 aliphatic carbocycles. The summed E-state index contributed by atoms with van der Waals surface area (Å²) in [5.74, 6) is -0.389. The lowest BCUT2D eigenvalue weighted by atomic mass is 10.0. The summed E-state index contributed by atoms with van der Waals surface area (Å²) in [5.41, 5.74) is 0.968. The zero-order valence-corrected chi connectivity index (χ0v) is 6.84. The molecule has 0 heterocycles.